The summed E-state index contributed by atoms with van der Waals surface area (Å²) >= 11 is 6.12. The van der Waals surface area contributed by atoms with Gasteiger partial charge in [-0.1, -0.05) is 29.8 Å². The van der Waals surface area contributed by atoms with Gasteiger partial charge in [0.25, 0.3) is 0 Å². The number of likely N-dealkylation sites (tertiary alicyclic amines) is 2. The summed E-state index contributed by atoms with van der Waals surface area (Å²) in [7, 11) is 0. The van der Waals surface area contributed by atoms with Crippen molar-refractivity contribution in [2.45, 2.75) is 63.1 Å². The first-order chi connectivity index (χ1) is 23.0. The van der Waals surface area contributed by atoms with E-state index in [1.54, 1.807) is 22.3 Å². The zero-order chi connectivity index (χ0) is 34.0. The summed E-state index contributed by atoms with van der Waals surface area (Å²) in [6, 6.07) is 9.78. The van der Waals surface area contributed by atoms with Gasteiger partial charge in [0.2, 0.25) is 11.8 Å². The Morgan fingerprint density at radius 3 is 2.42 bits per heavy atom. The van der Waals surface area contributed by atoms with E-state index in [9.17, 15) is 27.6 Å². The Morgan fingerprint density at radius 2 is 1.73 bits per heavy atom. The van der Waals surface area contributed by atoms with E-state index in [-0.39, 0.29) is 53.2 Å². The lowest BCUT2D eigenvalue weighted by Crippen LogP contribution is -2.50. The number of hydrogen-bond acceptors (Lipinski definition) is 5. The highest BCUT2D eigenvalue weighted by molar-refractivity contribution is 6.33. The molecule has 4 heterocycles. The van der Waals surface area contributed by atoms with E-state index >= 15 is 0 Å². The standard InChI is InChI=1S/C34H39ClF3N7O3/c35-27-17-21(16-26(31(27)39)34(36,37)38)15-24(32(47)44-10-5-23(6-11-44)29-19-40-20-41-29)18-30(46)43-12-8-25(9-13-43)45-14-7-22-3-1-2-4-28(22)42-33(45)48/h1-4,16-17,19-20,23-25H,5-15,18,39H2,(H,40,41)(H,42,48)/t24-/m0/s1. The number of rotatable bonds is 7. The molecule has 2 fully saturated rings. The summed E-state index contributed by atoms with van der Waals surface area (Å²) in [5.41, 5.74) is 7.09. The molecule has 2 aromatic carbocycles. The molecule has 10 nitrogen and oxygen atoms in total. The van der Waals surface area contributed by atoms with E-state index in [4.69, 9.17) is 17.3 Å². The second kappa shape index (κ2) is 14.1. The van der Waals surface area contributed by atoms with Crippen molar-refractivity contribution in [2.24, 2.45) is 5.92 Å². The average molecular weight is 686 g/mol. The number of halogens is 4. The molecule has 0 unspecified atom stereocenters. The number of aromatic nitrogens is 2. The van der Waals surface area contributed by atoms with E-state index in [1.807, 2.05) is 29.2 Å². The Labute approximate surface area is 281 Å². The van der Waals surface area contributed by atoms with Gasteiger partial charge in [-0.05, 0) is 67.9 Å². The van der Waals surface area contributed by atoms with E-state index in [1.165, 1.54) is 6.07 Å². The Bertz CT molecular complexity index is 1640. The molecule has 14 heteroatoms. The third kappa shape index (κ3) is 7.40. The van der Waals surface area contributed by atoms with Crippen LogP contribution in [0.5, 0.6) is 0 Å². The number of anilines is 2. The van der Waals surface area contributed by atoms with Crippen molar-refractivity contribution < 1.29 is 27.6 Å². The number of urea groups is 1. The number of nitrogen functional groups attached to an aromatic ring is 1. The number of carbonyl (C=O) groups is 3. The number of imidazole rings is 1. The van der Waals surface area contributed by atoms with Crippen molar-refractivity contribution in [3.8, 4) is 0 Å². The molecule has 4 N–H and O–H groups in total. The molecule has 6 rings (SSSR count). The molecular weight excluding hydrogens is 647 g/mol. The molecule has 0 aliphatic carbocycles. The van der Waals surface area contributed by atoms with Crippen LogP contribution in [0.3, 0.4) is 0 Å². The van der Waals surface area contributed by atoms with Crippen LogP contribution in [0.4, 0.5) is 29.3 Å². The highest BCUT2D eigenvalue weighted by Crippen LogP contribution is 2.39. The number of carbonyl (C=O) groups excluding carboxylic acids is 3. The molecule has 48 heavy (non-hydrogen) atoms. The molecule has 1 atom stereocenters. The average Bonchev–Trinajstić information content (AvgIpc) is 3.56. The summed E-state index contributed by atoms with van der Waals surface area (Å²) in [4.78, 5) is 53.2. The number of nitrogens with one attached hydrogen (secondary N) is 2. The third-order valence-corrected chi connectivity index (χ3v) is 10.2. The molecule has 0 saturated carbocycles. The number of amides is 4. The van der Waals surface area contributed by atoms with Crippen LogP contribution in [0, 0.1) is 5.92 Å². The van der Waals surface area contributed by atoms with E-state index in [0.29, 0.717) is 58.4 Å². The number of nitrogens with zero attached hydrogens (tertiary/aromatic N) is 4. The van der Waals surface area contributed by atoms with Gasteiger partial charge in [-0.15, -0.1) is 0 Å². The van der Waals surface area contributed by atoms with E-state index in [2.05, 4.69) is 15.3 Å². The maximum atomic E-state index is 14.0. The SMILES string of the molecule is Nc1c(Cl)cc(C[C@@H](CC(=O)N2CCC(N3CCc4ccccc4NC3=O)CC2)C(=O)N2CCC(c3cnc[nH]3)CC2)cc1C(F)(F)F. The number of piperidine rings is 2. The van der Waals surface area contributed by atoms with Crippen molar-refractivity contribution >= 4 is 40.8 Å². The molecule has 3 aliphatic rings. The number of H-pyrrole nitrogens is 1. The molecule has 3 aliphatic heterocycles. The van der Waals surface area contributed by atoms with Crippen LogP contribution >= 0.6 is 11.6 Å². The predicted octanol–water partition coefficient (Wildman–Crippen LogP) is 5.70. The summed E-state index contributed by atoms with van der Waals surface area (Å²) < 4.78 is 41.3. The smallest absolute Gasteiger partial charge is 0.397 e. The largest absolute Gasteiger partial charge is 0.418 e. The first-order valence-electron chi connectivity index (χ1n) is 16.3. The van der Waals surface area contributed by atoms with Crippen LogP contribution < -0.4 is 11.1 Å². The van der Waals surface area contributed by atoms with Crippen LogP contribution in [0.2, 0.25) is 5.02 Å². The van der Waals surface area contributed by atoms with Crippen LogP contribution in [-0.2, 0) is 28.6 Å². The predicted molar refractivity (Wildman–Crippen MR) is 175 cm³/mol. The number of fused-ring (bicyclic) bond motifs is 1. The summed E-state index contributed by atoms with van der Waals surface area (Å²) in [6.07, 6.45) is 1.68. The normalized spacial score (nSPS) is 18.7. The van der Waals surface area contributed by atoms with Crippen molar-refractivity contribution in [3.63, 3.8) is 0 Å². The Morgan fingerprint density at radius 1 is 1.02 bits per heavy atom. The van der Waals surface area contributed by atoms with Crippen molar-refractivity contribution in [3.05, 3.63) is 76.3 Å². The molecule has 256 valence electrons. The van der Waals surface area contributed by atoms with Gasteiger partial charge >= 0.3 is 12.2 Å². The second-order valence-electron chi connectivity index (χ2n) is 12.9. The molecule has 4 amide bonds. The minimum absolute atomic E-state index is 0.0466. The minimum Gasteiger partial charge on any atom is -0.397 e. The minimum atomic E-state index is -4.73. The van der Waals surface area contributed by atoms with Gasteiger partial charge in [0.05, 0.1) is 28.5 Å². The molecule has 3 aromatic rings. The molecule has 0 radical (unpaired) electrons. The lowest BCUT2D eigenvalue weighted by Gasteiger charge is -2.38. The quantitative estimate of drug-likeness (QED) is 0.275. The van der Waals surface area contributed by atoms with Gasteiger partial charge in [-0.3, -0.25) is 9.59 Å². The molecule has 0 bridgehead atoms. The van der Waals surface area contributed by atoms with Crippen molar-refractivity contribution in [2.75, 3.05) is 43.8 Å². The van der Waals surface area contributed by atoms with Gasteiger partial charge in [-0.25, -0.2) is 9.78 Å². The molecule has 2 saturated heterocycles. The second-order valence-corrected chi connectivity index (χ2v) is 13.3. The maximum Gasteiger partial charge on any atom is 0.418 e. The zero-order valence-corrected chi connectivity index (χ0v) is 27.2. The maximum absolute atomic E-state index is 14.0. The Hall–Kier alpha value is -4.26. The molecule has 0 spiro atoms. The van der Waals surface area contributed by atoms with Crippen LogP contribution in [-0.4, -0.2) is 81.3 Å². The fourth-order valence-corrected chi connectivity index (χ4v) is 7.46. The lowest BCUT2D eigenvalue weighted by atomic mass is 9.89. The molecular formula is C34H39ClF3N7O3. The fraction of sp³-hybridized carbons (Fsp3) is 0.471. The Balaban J connectivity index is 1.13. The number of nitrogens with two attached hydrogens (primary N) is 1. The fourth-order valence-electron chi connectivity index (χ4n) is 7.22. The topological polar surface area (TPSA) is 128 Å². The van der Waals surface area contributed by atoms with Crippen LogP contribution in [0.1, 0.15) is 60.4 Å². The Kier molecular flexibility index (Phi) is 9.86. The van der Waals surface area contributed by atoms with Crippen LogP contribution in [0.15, 0.2) is 48.9 Å². The number of alkyl halides is 3. The van der Waals surface area contributed by atoms with Crippen molar-refractivity contribution in [1.82, 2.24) is 24.7 Å². The van der Waals surface area contributed by atoms with Gasteiger partial charge in [0.1, 0.15) is 0 Å². The highest BCUT2D eigenvalue weighted by atomic mass is 35.5. The zero-order valence-electron chi connectivity index (χ0n) is 26.4. The monoisotopic (exact) mass is 685 g/mol. The summed E-state index contributed by atoms with van der Waals surface area (Å²) in [5, 5.41) is 2.75. The summed E-state index contributed by atoms with van der Waals surface area (Å²) in [6.45, 7) is 2.29. The van der Waals surface area contributed by atoms with Gasteiger partial charge in [0.15, 0.2) is 0 Å². The lowest BCUT2D eigenvalue weighted by molar-refractivity contribution is -0.142. The molecule has 1 aromatic heterocycles. The number of aromatic amines is 1. The van der Waals surface area contributed by atoms with Gasteiger partial charge in [-0.2, -0.15) is 13.2 Å². The van der Waals surface area contributed by atoms with Crippen molar-refractivity contribution in [1.29, 1.82) is 0 Å². The van der Waals surface area contributed by atoms with Gasteiger partial charge in [0, 0.05) is 68.7 Å². The number of benzene rings is 2. The van der Waals surface area contributed by atoms with E-state index in [0.717, 1.165) is 29.4 Å². The number of hydrogen-bond donors (Lipinski definition) is 3. The highest BCUT2D eigenvalue weighted by Gasteiger charge is 2.37. The third-order valence-electron chi connectivity index (χ3n) is 9.91. The van der Waals surface area contributed by atoms with Gasteiger partial charge < -0.3 is 30.7 Å². The number of para-hydroxylation sites is 1. The van der Waals surface area contributed by atoms with Crippen LogP contribution in [0.25, 0.3) is 0 Å². The first kappa shape index (κ1) is 33.6. The first-order valence-corrected chi connectivity index (χ1v) is 16.7. The van der Waals surface area contributed by atoms with E-state index < -0.39 is 23.3 Å². The summed E-state index contributed by atoms with van der Waals surface area (Å²) in [5.74, 6) is -1.20.